The molecule has 4 aromatic rings. The number of hydrogen-bond acceptors (Lipinski definition) is 7. The summed E-state index contributed by atoms with van der Waals surface area (Å²) in [6.07, 6.45) is 0. The second-order valence-electron chi connectivity index (χ2n) is 7.22. The van der Waals surface area contributed by atoms with E-state index in [1.165, 1.54) is 17.3 Å². The Balaban J connectivity index is 1.47. The number of anilines is 1. The minimum absolute atomic E-state index is 0.0421. The van der Waals surface area contributed by atoms with Crippen LogP contribution in [0.2, 0.25) is 0 Å². The topological polar surface area (TPSA) is 68.5 Å². The van der Waals surface area contributed by atoms with Crippen LogP contribution in [0.15, 0.2) is 69.6 Å². The van der Waals surface area contributed by atoms with Crippen LogP contribution in [0.1, 0.15) is 16.0 Å². The molecule has 0 bridgehead atoms. The predicted octanol–water partition coefficient (Wildman–Crippen LogP) is 5.75. The van der Waals surface area contributed by atoms with Crippen LogP contribution in [0.3, 0.4) is 0 Å². The maximum atomic E-state index is 13.1. The van der Waals surface area contributed by atoms with Gasteiger partial charge in [-0.15, -0.1) is 21.5 Å². The fourth-order valence-electron chi connectivity index (χ4n) is 3.10. The number of benzene rings is 2. The van der Waals surface area contributed by atoms with Crippen molar-refractivity contribution < 1.29 is 13.9 Å². The number of methoxy groups -OCH3 is 1. The number of aryl methyl sites for hydroxylation is 2. The summed E-state index contributed by atoms with van der Waals surface area (Å²) < 4.78 is 11.0. The molecule has 0 radical (unpaired) electrons. The van der Waals surface area contributed by atoms with E-state index in [-0.39, 0.29) is 11.7 Å². The second kappa shape index (κ2) is 10.0. The molecule has 32 heavy (non-hydrogen) atoms. The average Bonchev–Trinajstić information content (AvgIpc) is 3.50. The van der Waals surface area contributed by atoms with Crippen LogP contribution in [-0.2, 0) is 11.3 Å². The van der Waals surface area contributed by atoms with E-state index in [4.69, 9.17) is 9.15 Å². The number of hydrogen-bond donors (Lipinski definition) is 0. The molecule has 2 heterocycles. The highest BCUT2D eigenvalue weighted by atomic mass is 32.2. The summed E-state index contributed by atoms with van der Waals surface area (Å²) >= 11 is 2.86. The first-order chi connectivity index (χ1) is 15.5. The molecule has 1 amide bonds. The molecular weight excluding hydrogens is 442 g/mol. The SMILES string of the molecule is COc1ccc(N(Cc2cccs2)C(=O)CSc2nnc(-c3ccc(C)c(C)c3)o2)cc1. The van der Waals surface area contributed by atoms with Gasteiger partial charge in [-0.3, -0.25) is 4.79 Å². The normalized spacial score (nSPS) is 10.8. The molecule has 8 heteroatoms. The number of aromatic nitrogens is 2. The molecule has 0 unspecified atom stereocenters. The number of carbonyl (C=O) groups is 1. The van der Waals surface area contributed by atoms with Crippen molar-refractivity contribution in [2.24, 2.45) is 0 Å². The van der Waals surface area contributed by atoms with Gasteiger partial charge in [0.1, 0.15) is 5.75 Å². The third-order valence-corrected chi connectivity index (χ3v) is 6.72. The van der Waals surface area contributed by atoms with Crippen molar-refractivity contribution in [2.45, 2.75) is 25.6 Å². The molecule has 0 spiro atoms. The highest BCUT2D eigenvalue weighted by Crippen LogP contribution is 2.27. The van der Waals surface area contributed by atoms with Gasteiger partial charge in [-0.25, -0.2) is 0 Å². The molecule has 164 valence electrons. The van der Waals surface area contributed by atoms with Crippen molar-refractivity contribution in [1.82, 2.24) is 10.2 Å². The highest BCUT2D eigenvalue weighted by molar-refractivity contribution is 7.99. The van der Waals surface area contributed by atoms with Crippen LogP contribution >= 0.6 is 23.1 Å². The van der Waals surface area contributed by atoms with E-state index in [1.807, 2.05) is 66.9 Å². The average molecular weight is 466 g/mol. The quantitative estimate of drug-likeness (QED) is 0.309. The first kappa shape index (κ1) is 22.1. The molecule has 0 aliphatic carbocycles. The van der Waals surface area contributed by atoms with Crippen LogP contribution in [0.5, 0.6) is 5.75 Å². The van der Waals surface area contributed by atoms with Gasteiger partial charge in [0, 0.05) is 16.1 Å². The lowest BCUT2D eigenvalue weighted by atomic mass is 10.1. The zero-order valence-electron chi connectivity index (χ0n) is 18.1. The molecule has 0 saturated carbocycles. The number of thiophene rings is 1. The Bertz CT molecular complexity index is 1190. The maximum absolute atomic E-state index is 13.1. The van der Waals surface area contributed by atoms with E-state index >= 15 is 0 Å². The Kier molecular flexibility index (Phi) is 6.92. The first-order valence-corrected chi connectivity index (χ1v) is 11.9. The van der Waals surface area contributed by atoms with Gasteiger partial charge in [0.25, 0.3) is 5.22 Å². The number of ether oxygens (including phenoxy) is 1. The van der Waals surface area contributed by atoms with Crippen LogP contribution in [0.25, 0.3) is 11.5 Å². The molecule has 0 N–H and O–H groups in total. The zero-order chi connectivity index (χ0) is 22.5. The number of thioether (sulfide) groups is 1. The molecular formula is C24H23N3O3S2. The van der Waals surface area contributed by atoms with E-state index in [2.05, 4.69) is 17.1 Å². The number of nitrogens with zero attached hydrogens (tertiary/aromatic N) is 3. The molecule has 0 atom stereocenters. The molecule has 0 aliphatic rings. The number of amides is 1. The third-order valence-electron chi connectivity index (χ3n) is 5.06. The van der Waals surface area contributed by atoms with Crippen molar-refractivity contribution in [1.29, 1.82) is 0 Å². The fraction of sp³-hybridized carbons (Fsp3) is 0.208. The molecule has 2 aromatic heterocycles. The van der Waals surface area contributed by atoms with Gasteiger partial charge in [0.2, 0.25) is 11.8 Å². The molecule has 0 fully saturated rings. The van der Waals surface area contributed by atoms with Crippen LogP contribution in [-0.4, -0.2) is 29.0 Å². The summed E-state index contributed by atoms with van der Waals surface area (Å²) in [6, 6.07) is 17.5. The third kappa shape index (κ3) is 5.20. The van der Waals surface area contributed by atoms with Crippen molar-refractivity contribution >= 4 is 34.7 Å². The number of carbonyl (C=O) groups excluding carboxylic acids is 1. The molecule has 0 aliphatic heterocycles. The Labute approximate surface area is 195 Å². The van der Waals surface area contributed by atoms with E-state index < -0.39 is 0 Å². The van der Waals surface area contributed by atoms with Gasteiger partial charge in [-0.05, 0) is 72.8 Å². The Hall–Kier alpha value is -3.10. The van der Waals surface area contributed by atoms with Gasteiger partial charge in [-0.1, -0.05) is 23.9 Å². The van der Waals surface area contributed by atoms with Crippen molar-refractivity contribution in [3.05, 3.63) is 76.0 Å². The minimum atomic E-state index is -0.0421. The van der Waals surface area contributed by atoms with Gasteiger partial charge < -0.3 is 14.1 Å². The largest absolute Gasteiger partial charge is 0.497 e. The Morgan fingerprint density at radius 1 is 1.09 bits per heavy atom. The van der Waals surface area contributed by atoms with E-state index in [0.29, 0.717) is 17.7 Å². The standard InChI is InChI=1S/C24H23N3O3S2/c1-16-6-7-18(13-17(16)2)23-25-26-24(30-23)32-15-22(28)27(14-21-5-4-12-31-21)19-8-10-20(29-3)11-9-19/h4-13H,14-15H2,1-3H3. The lowest BCUT2D eigenvalue weighted by molar-refractivity contribution is -0.116. The van der Waals surface area contributed by atoms with Gasteiger partial charge in [0.15, 0.2) is 0 Å². The van der Waals surface area contributed by atoms with Crippen molar-refractivity contribution in [3.8, 4) is 17.2 Å². The first-order valence-electron chi connectivity index (χ1n) is 10.0. The second-order valence-corrected chi connectivity index (χ2v) is 9.18. The Morgan fingerprint density at radius 2 is 1.91 bits per heavy atom. The smallest absolute Gasteiger partial charge is 0.277 e. The molecule has 2 aromatic carbocycles. The minimum Gasteiger partial charge on any atom is -0.497 e. The van der Waals surface area contributed by atoms with E-state index in [0.717, 1.165) is 27.4 Å². The van der Waals surface area contributed by atoms with Crippen molar-refractivity contribution in [2.75, 3.05) is 17.8 Å². The number of rotatable bonds is 8. The summed E-state index contributed by atoms with van der Waals surface area (Å²) in [5, 5.41) is 10.6. The fourth-order valence-corrected chi connectivity index (χ4v) is 4.44. The lowest BCUT2D eigenvalue weighted by Crippen LogP contribution is -2.31. The summed E-state index contributed by atoms with van der Waals surface area (Å²) in [4.78, 5) is 16.0. The van der Waals surface area contributed by atoms with Gasteiger partial charge in [0.05, 0.1) is 19.4 Å². The maximum Gasteiger partial charge on any atom is 0.277 e. The summed E-state index contributed by atoms with van der Waals surface area (Å²) in [5.74, 6) is 1.34. The van der Waals surface area contributed by atoms with Crippen LogP contribution < -0.4 is 9.64 Å². The van der Waals surface area contributed by atoms with Crippen LogP contribution in [0, 0.1) is 13.8 Å². The predicted molar refractivity (Wildman–Crippen MR) is 128 cm³/mol. The van der Waals surface area contributed by atoms with E-state index in [1.54, 1.807) is 23.3 Å². The van der Waals surface area contributed by atoms with Gasteiger partial charge >= 0.3 is 0 Å². The molecule has 4 rings (SSSR count). The monoisotopic (exact) mass is 465 g/mol. The summed E-state index contributed by atoms with van der Waals surface area (Å²) in [7, 11) is 1.62. The summed E-state index contributed by atoms with van der Waals surface area (Å²) in [5.41, 5.74) is 4.05. The Morgan fingerprint density at radius 3 is 2.59 bits per heavy atom. The van der Waals surface area contributed by atoms with Crippen molar-refractivity contribution in [3.63, 3.8) is 0 Å². The van der Waals surface area contributed by atoms with Gasteiger partial charge in [-0.2, -0.15) is 0 Å². The van der Waals surface area contributed by atoms with E-state index in [9.17, 15) is 4.79 Å². The lowest BCUT2D eigenvalue weighted by Gasteiger charge is -2.22. The van der Waals surface area contributed by atoms with Crippen LogP contribution in [0.4, 0.5) is 5.69 Å². The summed E-state index contributed by atoms with van der Waals surface area (Å²) in [6.45, 7) is 4.61. The molecule has 6 nitrogen and oxygen atoms in total. The zero-order valence-corrected chi connectivity index (χ0v) is 19.7. The molecule has 0 saturated heterocycles. The highest BCUT2D eigenvalue weighted by Gasteiger charge is 2.19.